The van der Waals surface area contributed by atoms with Gasteiger partial charge >= 0.3 is 0 Å². The van der Waals surface area contributed by atoms with Gasteiger partial charge in [-0.3, -0.25) is 4.79 Å². The second-order valence-corrected chi connectivity index (χ2v) is 4.60. The van der Waals surface area contributed by atoms with E-state index in [9.17, 15) is 4.79 Å². The number of hydrogen-bond donors (Lipinski definition) is 1. The van der Waals surface area contributed by atoms with Crippen LogP contribution in [0.3, 0.4) is 0 Å². The number of β-lactam (4-membered cyclic amide) rings is 1. The van der Waals surface area contributed by atoms with Crippen molar-refractivity contribution in [2.45, 2.75) is 19.0 Å². The van der Waals surface area contributed by atoms with E-state index < -0.39 is 6.04 Å². The van der Waals surface area contributed by atoms with Crippen molar-refractivity contribution in [1.82, 2.24) is 4.90 Å². The van der Waals surface area contributed by atoms with Crippen LogP contribution in [0.2, 0.25) is 10.0 Å². The summed E-state index contributed by atoms with van der Waals surface area (Å²) in [6.45, 7) is 2.55. The molecule has 0 unspecified atom stereocenters. The van der Waals surface area contributed by atoms with Crippen LogP contribution in [0.1, 0.15) is 18.5 Å². The Labute approximate surface area is 104 Å². The molecule has 0 spiro atoms. The molecule has 16 heavy (non-hydrogen) atoms. The molecule has 1 aromatic carbocycles. The van der Waals surface area contributed by atoms with Crippen LogP contribution in [-0.2, 0) is 4.79 Å². The molecule has 0 bridgehead atoms. The number of likely N-dealkylation sites (N-methyl/N-ethyl adjacent to an activating group) is 1. The van der Waals surface area contributed by atoms with Crippen LogP contribution in [0.25, 0.3) is 0 Å². The summed E-state index contributed by atoms with van der Waals surface area (Å²) < 4.78 is 0. The number of carbonyl (C=O) groups excluding carboxylic acids is 1. The van der Waals surface area contributed by atoms with Gasteiger partial charge in [-0.05, 0) is 24.6 Å². The maximum absolute atomic E-state index is 11.5. The Morgan fingerprint density at radius 3 is 2.69 bits per heavy atom. The third-order valence-corrected chi connectivity index (χ3v) is 3.43. The summed E-state index contributed by atoms with van der Waals surface area (Å²) in [5, 5.41) is 1.13. The normalized spacial score (nSPS) is 24.5. The van der Waals surface area contributed by atoms with Gasteiger partial charge in [0, 0.05) is 16.6 Å². The van der Waals surface area contributed by atoms with Gasteiger partial charge in [-0.25, -0.2) is 0 Å². The molecule has 1 fully saturated rings. The minimum atomic E-state index is -0.487. The molecular formula is C11H12Cl2N2O. The van der Waals surface area contributed by atoms with Crippen molar-refractivity contribution in [3.8, 4) is 0 Å². The smallest absolute Gasteiger partial charge is 0.242 e. The number of rotatable bonds is 2. The lowest BCUT2D eigenvalue weighted by molar-refractivity contribution is -0.149. The lowest BCUT2D eigenvalue weighted by Gasteiger charge is -2.45. The SMILES string of the molecule is CCN1C(=O)[C@H](N)[C@H]1c1ccc(Cl)cc1Cl. The van der Waals surface area contributed by atoms with Crippen LogP contribution < -0.4 is 5.73 Å². The molecule has 3 nitrogen and oxygen atoms in total. The first kappa shape index (κ1) is 11.7. The van der Waals surface area contributed by atoms with Crippen LogP contribution >= 0.6 is 23.2 Å². The quantitative estimate of drug-likeness (QED) is 0.828. The van der Waals surface area contributed by atoms with Crippen LogP contribution in [-0.4, -0.2) is 23.4 Å². The number of nitrogens with two attached hydrogens (primary N) is 1. The molecule has 86 valence electrons. The molecule has 2 rings (SSSR count). The number of hydrogen-bond acceptors (Lipinski definition) is 2. The van der Waals surface area contributed by atoms with Gasteiger partial charge in [0.2, 0.25) is 5.91 Å². The van der Waals surface area contributed by atoms with Gasteiger partial charge in [-0.2, -0.15) is 0 Å². The maximum Gasteiger partial charge on any atom is 0.242 e. The number of nitrogens with zero attached hydrogens (tertiary/aromatic N) is 1. The number of halogens is 2. The van der Waals surface area contributed by atoms with E-state index in [2.05, 4.69) is 0 Å². The largest absolute Gasteiger partial charge is 0.332 e. The Bertz CT molecular complexity index is 436. The van der Waals surface area contributed by atoms with Crippen LogP contribution in [0, 0.1) is 0 Å². The molecule has 1 heterocycles. The Kier molecular flexibility index (Phi) is 3.10. The first-order chi connectivity index (χ1) is 7.56. The van der Waals surface area contributed by atoms with E-state index in [1.165, 1.54) is 0 Å². The second kappa shape index (κ2) is 4.24. The second-order valence-electron chi connectivity index (χ2n) is 3.76. The highest BCUT2D eigenvalue weighted by Crippen LogP contribution is 2.37. The first-order valence-electron chi connectivity index (χ1n) is 5.07. The van der Waals surface area contributed by atoms with E-state index in [0.717, 1.165) is 5.56 Å². The molecule has 0 radical (unpaired) electrons. The van der Waals surface area contributed by atoms with Gasteiger partial charge < -0.3 is 10.6 Å². The highest BCUT2D eigenvalue weighted by Gasteiger charge is 2.45. The minimum Gasteiger partial charge on any atom is -0.332 e. The Balaban J connectivity index is 2.34. The van der Waals surface area contributed by atoms with Crippen molar-refractivity contribution in [3.63, 3.8) is 0 Å². The van der Waals surface area contributed by atoms with Crippen molar-refractivity contribution < 1.29 is 4.79 Å². The maximum atomic E-state index is 11.5. The molecule has 2 N–H and O–H groups in total. The third-order valence-electron chi connectivity index (χ3n) is 2.87. The van der Waals surface area contributed by atoms with Gasteiger partial charge in [0.25, 0.3) is 0 Å². The monoisotopic (exact) mass is 258 g/mol. The van der Waals surface area contributed by atoms with E-state index >= 15 is 0 Å². The van der Waals surface area contributed by atoms with Gasteiger partial charge in [0.1, 0.15) is 6.04 Å². The number of likely N-dealkylation sites (tertiary alicyclic amines) is 1. The topological polar surface area (TPSA) is 46.3 Å². The molecule has 1 saturated heterocycles. The molecule has 1 aliphatic rings. The minimum absolute atomic E-state index is 0.0292. The van der Waals surface area contributed by atoms with Crippen LogP contribution in [0.5, 0.6) is 0 Å². The third kappa shape index (κ3) is 1.69. The summed E-state index contributed by atoms with van der Waals surface area (Å²) in [5.74, 6) is -0.0292. The molecule has 0 saturated carbocycles. The van der Waals surface area contributed by atoms with Gasteiger partial charge in [-0.15, -0.1) is 0 Å². The first-order valence-corrected chi connectivity index (χ1v) is 5.83. The lowest BCUT2D eigenvalue weighted by Crippen LogP contribution is -2.62. The molecular weight excluding hydrogens is 247 g/mol. The fraction of sp³-hybridized carbons (Fsp3) is 0.364. The Morgan fingerprint density at radius 2 is 2.12 bits per heavy atom. The predicted octanol–water partition coefficient (Wildman–Crippen LogP) is 2.22. The standard InChI is InChI=1S/C11H12Cl2N2O/c1-2-15-10(9(14)11(15)16)7-4-3-6(12)5-8(7)13/h3-5,9-10H,2,14H2,1H3/t9-,10-/m1/s1. The molecule has 5 heteroatoms. The number of benzene rings is 1. The average molecular weight is 259 g/mol. The Morgan fingerprint density at radius 1 is 1.44 bits per heavy atom. The number of amides is 1. The van der Waals surface area contributed by atoms with Gasteiger partial charge in [0.15, 0.2) is 0 Å². The average Bonchev–Trinajstić information content (AvgIpc) is 2.26. The van der Waals surface area contributed by atoms with Crippen molar-refractivity contribution in [2.75, 3.05) is 6.54 Å². The van der Waals surface area contributed by atoms with Crippen LogP contribution in [0.4, 0.5) is 0 Å². The summed E-state index contributed by atoms with van der Waals surface area (Å²) >= 11 is 11.9. The summed E-state index contributed by atoms with van der Waals surface area (Å²) in [7, 11) is 0. The van der Waals surface area contributed by atoms with E-state index in [1.807, 2.05) is 13.0 Å². The molecule has 1 aromatic rings. The number of carbonyl (C=O) groups is 1. The predicted molar refractivity (Wildman–Crippen MR) is 64.6 cm³/mol. The zero-order valence-corrected chi connectivity index (χ0v) is 10.3. The zero-order valence-electron chi connectivity index (χ0n) is 8.78. The van der Waals surface area contributed by atoms with E-state index in [0.29, 0.717) is 16.6 Å². The van der Waals surface area contributed by atoms with E-state index in [4.69, 9.17) is 28.9 Å². The van der Waals surface area contributed by atoms with Crippen molar-refractivity contribution in [2.24, 2.45) is 5.73 Å². The fourth-order valence-corrected chi connectivity index (χ4v) is 2.55. The lowest BCUT2D eigenvalue weighted by atomic mass is 9.89. The van der Waals surface area contributed by atoms with E-state index in [1.54, 1.807) is 17.0 Å². The summed E-state index contributed by atoms with van der Waals surface area (Å²) in [5.41, 5.74) is 6.65. The van der Waals surface area contributed by atoms with Crippen molar-refractivity contribution in [1.29, 1.82) is 0 Å². The Hall–Kier alpha value is -0.770. The van der Waals surface area contributed by atoms with Crippen molar-refractivity contribution in [3.05, 3.63) is 33.8 Å². The highest BCUT2D eigenvalue weighted by molar-refractivity contribution is 6.35. The van der Waals surface area contributed by atoms with Gasteiger partial charge in [0.05, 0.1) is 6.04 Å². The molecule has 1 amide bonds. The molecule has 0 aliphatic carbocycles. The van der Waals surface area contributed by atoms with E-state index in [-0.39, 0.29) is 11.9 Å². The summed E-state index contributed by atoms with van der Waals surface area (Å²) in [6, 6.07) is 4.64. The molecule has 0 aromatic heterocycles. The summed E-state index contributed by atoms with van der Waals surface area (Å²) in [6.07, 6.45) is 0. The fourth-order valence-electron chi connectivity index (χ4n) is 2.03. The van der Waals surface area contributed by atoms with Crippen LogP contribution in [0.15, 0.2) is 18.2 Å². The summed E-state index contributed by atoms with van der Waals surface area (Å²) in [4.78, 5) is 13.2. The molecule has 1 aliphatic heterocycles. The zero-order chi connectivity index (χ0) is 11.9. The van der Waals surface area contributed by atoms with Gasteiger partial charge in [-0.1, -0.05) is 29.3 Å². The van der Waals surface area contributed by atoms with Crippen molar-refractivity contribution >= 4 is 29.1 Å². The molecule has 2 atom stereocenters. The highest BCUT2D eigenvalue weighted by atomic mass is 35.5.